The van der Waals surface area contributed by atoms with E-state index >= 15 is 0 Å². The SMILES string of the molecule is Cc1ccnc2c(-c3cccc(N)c3)cnn12. The largest absolute Gasteiger partial charge is 0.399 e. The summed E-state index contributed by atoms with van der Waals surface area (Å²) in [6.45, 7) is 2.00. The van der Waals surface area contributed by atoms with Crippen LogP contribution in [0.15, 0.2) is 42.7 Å². The maximum atomic E-state index is 5.79. The fourth-order valence-corrected chi connectivity index (χ4v) is 1.92. The number of fused-ring (bicyclic) bond motifs is 1. The Kier molecular flexibility index (Phi) is 2.08. The summed E-state index contributed by atoms with van der Waals surface area (Å²) in [4.78, 5) is 4.37. The van der Waals surface area contributed by atoms with Crippen LogP contribution in [0.1, 0.15) is 5.69 Å². The zero-order chi connectivity index (χ0) is 11.8. The molecule has 0 saturated carbocycles. The van der Waals surface area contributed by atoms with Crippen molar-refractivity contribution in [3.05, 3.63) is 48.4 Å². The van der Waals surface area contributed by atoms with Crippen LogP contribution in [-0.4, -0.2) is 14.6 Å². The summed E-state index contributed by atoms with van der Waals surface area (Å²) in [5.74, 6) is 0. The van der Waals surface area contributed by atoms with Crippen molar-refractivity contribution in [2.24, 2.45) is 0 Å². The van der Waals surface area contributed by atoms with Crippen LogP contribution in [0, 0.1) is 6.92 Å². The molecule has 0 bridgehead atoms. The highest BCUT2D eigenvalue weighted by atomic mass is 15.2. The molecule has 0 aliphatic rings. The van der Waals surface area contributed by atoms with Crippen molar-refractivity contribution in [2.45, 2.75) is 6.92 Å². The molecule has 2 heterocycles. The Morgan fingerprint density at radius 1 is 1.24 bits per heavy atom. The third-order valence-electron chi connectivity index (χ3n) is 2.79. The highest BCUT2D eigenvalue weighted by Crippen LogP contribution is 2.24. The molecular formula is C13H12N4. The van der Waals surface area contributed by atoms with Gasteiger partial charge in [0, 0.05) is 23.1 Å². The highest BCUT2D eigenvalue weighted by Gasteiger charge is 2.08. The summed E-state index contributed by atoms with van der Waals surface area (Å²) in [5, 5.41) is 4.34. The van der Waals surface area contributed by atoms with Gasteiger partial charge in [0.2, 0.25) is 0 Å². The van der Waals surface area contributed by atoms with E-state index < -0.39 is 0 Å². The van der Waals surface area contributed by atoms with E-state index in [-0.39, 0.29) is 0 Å². The van der Waals surface area contributed by atoms with E-state index in [0.29, 0.717) is 0 Å². The molecular weight excluding hydrogens is 212 g/mol. The van der Waals surface area contributed by atoms with Crippen molar-refractivity contribution >= 4 is 11.3 Å². The number of rotatable bonds is 1. The Bertz CT molecular complexity index is 685. The normalized spacial score (nSPS) is 10.9. The molecule has 17 heavy (non-hydrogen) atoms. The van der Waals surface area contributed by atoms with E-state index in [1.807, 2.05) is 48.0 Å². The number of nitrogens with zero attached hydrogens (tertiary/aromatic N) is 3. The van der Waals surface area contributed by atoms with E-state index in [1.54, 1.807) is 6.20 Å². The van der Waals surface area contributed by atoms with Crippen LogP contribution in [0.4, 0.5) is 5.69 Å². The van der Waals surface area contributed by atoms with Crippen LogP contribution in [0.5, 0.6) is 0 Å². The fraction of sp³-hybridized carbons (Fsp3) is 0.0769. The minimum atomic E-state index is 0.745. The van der Waals surface area contributed by atoms with Gasteiger partial charge in [-0.15, -0.1) is 0 Å². The highest BCUT2D eigenvalue weighted by molar-refractivity contribution is 5.78. The predicted octanol–water partition coefficient (Wildman–Crippen LogP) is 2.29. The lowest BCUT2D eigenvalue weighted by atomic mass is 10.1. The number of aromatic nitrogens is 3. The van der Waals surface area contributed by atoms with Gasteiger partial charge in [0.25, 0.3) is 0 Å². The van der Waals surface area contributed by atoms with Crippen LogP contribution in [0.2, 0.25) is 0 Å². The molecule has 3 aromatic rings. The minimum Gasteiger partial charge on any atom is -0.399 e. The first-order valence-electron chi connectivity index (χ1n) is 5.41. The van der Waals surface area contributed by atoms with Crippen LogP contribution >= 0.6 is 0 Å². The van der Waals surface area contributed by atoms with Gasteiger partial charge in [0.1, 0.15) is 0 Å². The number of anilines is 1. The van der Waals surface area contributed by atoms with Gasteiger partial charge in [0.05, 0.1) is 6.20 Å². The van der Waals surface area contributed by atoms with E-state index in [4.69, 9.17) is 5.73 Å². The van der Waals surface area contributed by atoms with Crippen molar-refractivity contribution in [3.63, 3.8) is 0 Å². The molecule has 0 spiro atoms. The quantitative estimate of drug-likeness (QED) is 0.645. The molecule has 3 rings (SSSR count). The van der Waals surface area contributed by atoms with E-state index in [0.717, 1.165) is 28.2 Å². The summed E-state index contributed by atoms with van der Waals surface area (Å²) in [7, 11) is 0. The maximum absolute atomic E-state index is 5.79. The molecule has 1 aromatic carbocycles. The van der Waals surface area contributed by atoms with Crippen molar-refractivity contribution in [3.8, 4) is 11.1 Å². The van der Waals surface area contributed by atoms with Gasteiger partial charge >= 0.3 is 0 Å². The Labute approximate surface area is 98.7 Å². The van der Waals surface area contributed by atoms with Gasteiger partial charge in [-0.2, -0.15) is 5.10 Å². The smallest absolute Gasteiger partial charge is 0.163 e. The maximum Gasteiger partial charge on any atom is 0.163 e. The molecule has 0 aliphatic carbocycles. The molecule has 4 nitrogen and oxygen atoms in total. The van der Waals surface area contributed by atoms with Gasteiger partial charge in [-0.05, 0) is 30.7 Å². The number of hydrogen-bond donors (Lipinski definition) is 1. The van der Waals surface area contributed by atoms with Crippen LogP contribution in [0.25, 0.3) is 16.8 Å². The minimum absolute atomic E-state index is 0.745. The number of nitrogen functional groups attached to an aromatic ring is 1. The standard InChI is InChI=1S/C13H12N4/c1-9-5-6-15-13-12(8-16-17(9)13)10-3-2-4-11(14)7-10/h2-8H,14H2,1H3. The molecule has 0 amide bonds. The molecule has 0 aliphatic heterocycles. The van der Waals surface area contributed by atoms with Crippen LogP contribution in [0.3, 0.4) is 0 Å². The van der Waals surface area contributed by atoms with Gasteiger partial charge in [-0.1, -0.05) is 12.1 Å². The first-order valence-corrected chi connectivity index (χ1v) is 5.41. The summed E-state index contributed by atoms with van der Waals surface area (Å²) in [5.41, 5.74) is 10.5. The molecule has 0 atom stereocenters. The van der Waals surface area contributed by atoms with Crippen molar-refractivity contribution in [1.82, 2.24) is 14.6 Å². The molecule has 0 radical (unpaired) electrons. The first-order chi connectivity index (χ1) is 8.25. The molecule has 2 N–H and O–H groups in total. The molecule has 4 heteroatoms. The van der Waals surface area contributed by atoms with Crippen LogP contribution in [-0.2, 0) is 0 Å². The lowest BCUT2D eigenvalue weighted by Gasteiger charge is -2.01. The summed E-state index contributed by atoms with van der Waals surface area (Å²) < 4.78 is 1.83. The lowest BCUT2D eigenvalue weighted by Crippen LogP contribution is -1.94. The second-order valence-electron chi connectivity index (χ2n) is 4.01. The molecule has 0 unspecified atom stereocenters. The van der Waals surface area contributed by atoms with E-state index in [9.17, 15) is 0 Å². The van der Waals surface area contributed by atoms with Gasteiger partial charge in [-0.25, -0.2) is 9.50 Å². The Hall–Kier alpha value is -2.36. The number of aryl methyl sites for hydroxylation is 1. The van der Waals surface area contributed by atoms with Crippen molar-refractivity contribution in [1.29, 1.82) is 0 Å². The third-order valence-corrected chi connectivity index (χ3v) is 2.79. The topological polar surface area (TPSA) is 56.2 Å². The number of nitrogens with two attached hydrogens (primary N) is 1. The summed E-state index contributed by atoms with van der Waals surface area (Å²) in [6, 6.07) is 9.68. The van der Waals surface area contributed by atoms with Crippen LogP contribution < -0.4 is 5.73 Å². The van der Waals surface area contributed by atoms with Crippen molar-refractivity contribution in [2.75, 3.05) is 5.73 Å². The zero-order valence-electron chi connectivity index (χ0n) is 9.46. The Balaban J connectivity index is 2.28. The first kappa shape index (κ1) is 9.84. The number of benzene rings is 1. The van der Waals surface area contributed by atoms with Gasteiger partial charge in [-0.3, -0.25) is 0 Å². The molecule has 0 saturated heterocycles. The Morgan fingerprint density at radius 3 is 2.94 bits per heavy atom. The van der Waals surface area contributed by atoms with Crippen molar-refractivity contribution < 1.29 is 0 Å². The molecule has 2 aromatic heterocycles. The lowest BCUT2D eigenvalue weighted by molar-refractivity contribution is 0.895. The fourth-order valence-electron chi connectivity index (χ4n) is 1.92. The predicted molar refractivity (Wildman–Crippen MR) is 67.6 cm³/mol. The van der Waals surface area contributed by atoms with Gasteiger partial charge < -0.3 is 5.73 Å². The second-order valence-corrected chi connectivity index (χ2v) is 4.01. The molecule has 84 valence electrons. The second kappa shape index (κ2) is 3.59. The zero-order valence-corrected chi connectivity index (χ0v) is 9.46. The Morgan fingerprint density at radius 2 is 2.12 bits per heavy atom. The number of hydrogen-bond acceptors (Lipinski definition) is 3. The summed E-state index contributed by atoms with van der Waals surface area (Å²) in [6.07, 6.45) is 3.62. The molecule has 0 fully saturated rings. The average Bonchev–Trinajstić information content (AvgIpc) is 2.74. The monoisotopic (exact) mass is 224 g/mol. The average molecular weight is 224 g/mol. The van der Waals surface area contributed by atoms with E-state index in [2.05, 4.69) is 10.1 Å². The van der Waals surface area contributed by atoms with Gasteiger partial charge in [0.15, 0.2) is 5.65 Å². The summed E-state index contributed by atoms with van der Waals surface area (Å²) >= 11 is 0. The third kappa shape index (κ3) is 1.54. The van der Waals surface area contributed by atoms with E-state index in [1.165, 1.54) is 0 Å².